The average Bonchev–Trinajstić information content (AvgIpc) is 3.72. The number of hydrogen-bond donors (Lipinski definition) is 5. The van der Waals surface area contributed by atoms with E-state index in [1.165, 1.54) is 6.33 Å². The number of nitrogen functional groups attached to an aromatic ring is 1. The zero-order valence-electron chi connectivity index (χ0n) is 22.6. The third kappa shape index (κ3) is 5.31. The minimum absolute atomic E-state index is 0.00160. The number of guanidine groups is 1. The van der Waals surface area contributed by atoms with E-state index in [9.17, 15) is 18.9 Å². The third-order valence-corrected chi connectivity index (χ3v) is 9.31. The summed E-state index contributed by atoms with van der Waals surface area (Å²) in [6.07, 6.45) is -11.1. The average molecular weight is 676 g/mol. The van der Waals surface area contributed by atoms with Crippen LogP contribution in [0, 0.1) is 0 Å². The largest absolute Gasteiger partial charge is 0.472 e. The van der Waals surface area contributed by atoms with E-state index in [-0.39, 0.29) is 40.2 Å². The van der Waals surface area contributed by atoms with Gasteiger partial charge in [-0.25, -0.2) is 37.8 Å². The van der Waals surface area contributed by atoms with Crippen molar-refractivity contribution in [2.75, 3.05) is 18.9 Å². The maximum absolute atomic E-state index is 15.9. The monoisotopic (exact) mass is 676 g/mol. The van der Waals surface area contributed by atoms with Gasteiger partial charge in [0.05, 0.1) is 31.6 Å². The van der Waals surface area contributed by atoms with Gasteiger partial charge in [-0.2, -0.15) is 4.99 Å². The standard InChI is InChI=1S/C21H24F2N10O10P2/c1-7-12-18(31-21(25)30-7)33(5-28-12)20-11(23)15-9(41-20)3-39-44(34,35)42-14-8(2-38-45(36,37)43-15)40-19(10(14)22)32-6-29-13-16(24)26-4-27-17(13)32/h4-6,8-11,14-15,19-20H,1-3H2,(H,34,35)(H,36,37)(H2,24,26,27)(H3,25,30,31)/t8-,9-,10-,11-,14-,15-,19-,20-/m1/s1. The molecule has 2 unspecified atom stereocenters. The van der Waals surface area contributed by atoms with E-state index in [1.54, 1.807) is 0 Å². The predicted molar refractivity (Wildman–Crippen MR) is 144 cm³/mol. The SMILES string of the molecule is C=C1NC(N)=Nc2c1ncn2[C@@H]1O[C@@H]2COP(=O)(O)O[C@H]3[C@@H](F)[C@H](n4cnc5c(N)ncnc54)O[C@@H]3COP(=O)(O)O[C@H]2[C@H]1F. The minimum atomic E-state index is -5.14. The molecular formula is C21H24F2N10O10P2. The fourth-order valence-corrected chi connectivity index (χ4v) is 7.25. The molecule has 0 saturated carbocycles. The van der Waals surface area contributed by atoms with Crippen LogP contribution in [-0.2, 0) is 36.7 Å². The molecule has 0 aliphatic carbocycles. The second-order valence-corrected chi connectivity index (χ2v) is 13.0. The Morgan fingerprint density at radius 1 is 0.911 bits per heavy atom. The van der Waals surface area contributed by atoms with Crippen LogP contribution < -0.4 is 16.8 Å². The molecule has 24 heteroatoms. The van der Waals surface area contributed by atoms with Crippen molar-refractivity contribution in [3.05, 3.63) is 31.3 Å². The summed E-state index contributed by atoms with van der Waals surface area (Å²) in [6.45, 7) is 1.95. The van der Waals surface area contributed by atoms with Crippen LogP contribution in [0.2, 0.25) is 0 Å². The number of hydrogen-bond acceptors (Lipinski definition) is 16. The highest BCUT2D eigenvalue weighted by molar-refractivity contribution is 7.47. The Bertz CT molecular complexity index is 1810. The van der Waals surface area contributed by atoms with Gasteiger partial charge in [-0.15, -0.1) is 0 Å². The molecule has 3 fully saturated rings. The summed E-state index contributed by atoms with van der Waals surface area (Å²) in [7, 11) is -10.3. The Hall–Kier alpha value is -3.43. The molecular weight excluding hydrogens is 652 g/mol. The maximum Gasteiger partial charge on any atom is 0.472 e. The van der Waals surface area contributed by atoms with E-state index in [2.05, 4.69) is 36.8 Å². The molecule has 20 nitrogen and oxygen atoms in total. The number of alkyl halides is 2. The smallest absolute Gasteiger partial charge is 0.382 e. The van der Waals surface area contributed by atoms with Gasteiger partial charge in [-0.1, -0.05) is 6.58 Å². The van der Waals surface area contributed by atoms with Crippen LogP contribution in [0.5, 0.6) is 0 Å². The van der Waals surface area contributed by atoms with Gasteiger partial charge >= 0.3 is 15.6 Å². The Kier molecular flexibility index (Phi) is 7.28. The summed E-state index contributed by atoms with van der Waals surface area (Å²) in [5, 5.41) is 2.67. The van der Waals surface area contributed by atoms with Crippen molar-refractivity contribution in [3.63, 3.8) is 0 Å². The highest BCUT2D eigenvalue weighted by Crippen LogP contribution is 2.54. The number of ether oxygens (including phenoxy) is 2. The number of fused-ring (bicyclic) bond motifs is 4. The quantitative estimate of drug-likeness (QED) is 0.229. The first-order valence-electron chi connectivity index (χ1n) is 13.0. The van der Waals surface area contributed by atoms with Gasteiger partial charge in [0.25, 0.3) is 0 Å². The number of anilines is 1. The third-order valence-electron chi connectivity index (χ3n) is 7.34. The molecule has 3 aromatic rings. The Labute approximate surface area is 250 Å². The molecule has 242 valence electrons. The second-order valence-electron chi connectivity index (χ2n) is 10.2. The van der Waals surface area contributed by atoms with E-state index in [0.717, 1.165) is 21.8 Å². The first-order chi connectivity index (χ1) is 21.3. The van der Waals surface area contributed by atoms with Gasteiger partial charge in [0.1, 0.15) is 42.0 Å². The Balaban J connectivity index is 1.16. The first kappa shape index (κ1) is 30.2. The number of phosphoric acid groups is 2. The molecule has 7 rings (SSSR count). The molecule has 0 spiro atoms. The fraction of sp³-hybridized carbons (Fsp3) is 0.476. The number of rotatable bonds is 2. The Morgan fingerprint density at radius 3 is 2.11 bits per heavy atom. The van der Waals surface area contributed by atoms with Crippen molar-refractivity contribution in [2.24, 2.45) is 10.7 Å². The number of nitrogens with two attached hydrogens (primary N) is 2. The van der Waals surface area contributed by atoms with Crippen molar-refractivity contribution in [1.29, 1.82) is 0 Å². The predicted octanol–water partition coefficient (Wildman–Crippen LogP) is 0.314. The van der Waals surface area contributed by atoms with Gasteiger partial charge in [0, 0.05) is 0 Å². The molecule has 0 radical (unpaired) electrons. The van der Waals surface area contributed by atoms with Gasteiger partial charge in [-0.3, -0.25) is 27.2 Å². The lowest BCUT2D eigenvalue weighted by Gasteiger charge is -2.27. The number of nitrogens with one attached hydrogen (secondary N) is 1. The summed E-state index contributed by atoms with van der Waals surface area (Å²) in [5.74, 6) is -0.0199. The van der Waals surface area contributed by atoms with Gasteiger partial charge < -0.3 is 36.0 Å². The molecule has 7 N–H and O–H groups in total. The fourth-order valence-electron chi connectivity index (χ4n) is 5.34. The van der Waals surface area contributed by atoms with Crippen LogP contribution in [0.1, 0.15) is 18.1 Å². The molecule has 3 saturated heterocycles. The van der Waals surface area contributed by atoms with Crippen LogP contribution in [0.4, 0.5) is 20.4 Å². The molecule has 3 aromatic heterocycles. The zero-order chi connectivity index (χ0) is 31.8. The number of imidazole rings is 2. The molecule has 0 amide bonds. The van der Waals surface area contributed by atoms with Gasteiger partial charge in [0.2, 0.25) is 0 Å². The first-order valence-corrected chi connectivity index (χ1v) is 16.0. The molecule has 4 aliphatic heterocycles. The normalized spacial score (nSPS) is 38.8. The lowest BCUT2D eigenvalue weighted by atomic mass is 10.1. The number of nitrogens with zero attached hydrogens (tertiary/aromatic N) is 7. The zero-order valence-corrected chi connectivity index (χ0v) is 24.4. The number of halogens is 2. The van der Waals surface area contributed by atoms with Crippen molar-refractivity contribution in [1.82, 2.24) is 34.4 Å². The summed E-state index contributed by atoms with van der Waals surface area (Å²) >= 11 is 0. The summed E-state index contributed by atoms with van der Waals surface area (Å²) in [4.78, 5) is 41.1. The van der Waals surface area contributed by atoms with E-state index in [4.69, 9.17) is 39.0 Å². The highest BCUT2D eigenvalue weighted by Gasteiger charge is 2.55. The lowest BCUT2D eigenvalue weighted by molar-refractivity contribution is -0.0664. The van der Waals surface area contributed by atoms with Crippen molar-refractivity contribution < 1.29 is 55.3 Å². The Morgan fingerprint density at radius 2 is 1.49 bits per heavy atom. The van der Waals surface area contributed by atoms with Gasteiger partial charge in [0.15, 0.2) is 48.0 Å². The lowest BCUT2D eigenvalue weighted by Crippen LogP contribution is -2.37. The summed E-state index contributed by atoms with van der Waals surface area (Å²) in [6, 6.07) is 0. The van der Waals surface area contributed by atoms with Gasteiger partial charge in [-0.05, 0) is 0 Å². The molecule has 45 heavy (non-hydrogen) atoms. The van der Waals surface area contributed by atoms with Crippen LogP contribution in [-0.4, -0.2) is 94.8 Å². The summed E-state index contributed by atoms with van der Waals surface area (Å²) < 4.78 is 91.8. The second kappa shape index (κ2) is 10.8. The molecule has 0 bridgehead atoms. The van der Waals surface area contributed by atoms with Crippen molar-refractivity contribution in [2.45, 2.75) is 49.2 Å². The highest BCUT2D eigenvalue weighted by atomic mass is 31.2. The van der Waals surface area contributed by atoms with Crippen LogP contribution in [0.15, 0.2) is 30.6 Å². The minimum Gasteiger partial charge on any atom is -0.382 e. The molecule has 7 heterocycles. The maximum atomic E-state index is 15.9. The van der Waals surface area contributed by atoms with E-state index < -0.39 is 78.1 Å². The molecule has 10 atom stereocenters. The van der Waals surface area contributed by atoms with Crippen LogP contribution in [0.25, 0.3) is 16.9 Å². The number of aliphatic imine (C=N–C) groups is 1. The van der Waals surface area contributed by atoms with Crippen LogP contribution in [0.3, 0.4) is 0 Å². The number of phosphoric ester groups is 2. The summed E-state index contributed by atoms with van der Waals surface area (Å²) in [5.41, 5.74) is 12.2. The molecule has 0 aromatic carbocycles. The van der Waals surface area contributed by atoms with Crippen LogP contribution >= 0.6 is 15.6 Å². The molecule has 4 aliphatic rings. The topological polar surface area (TPSA) is 268 Å². The van der Waals surface area contributed by atoms with Crippen molar-refractivity contribution >= 4 is 50.1 Å². The van der Waals surface area contributed by atoms with Crippen molar-refractivity contribution in [3.8, 4) is 0 Å². The van der Waals surface area contributed by atoms with E-state index >= 15 is 8.78 Å². The number of aromatic nitrogens is 6. The van der Waals surface area contributed by atoms with E-state index in [0.29, 0.717) is 0 Å². The van der Waals surface area contributed by atoms with E-state index in [1.807, 2.05) is 0 Å².